The molecular formula is C14H20BrClN2. The average molecular weight is 332 g/mol. The first-order chi connectivity index (χ1) is 8.70. The molecule has 1 aliphatic rings. The van der Waals surface area contributed by atoms with E-state index in [1.54, 1.807) is 0 Å². The van der Waals surface area contributed by atoms with Crippen molar-refractivity contribution >= 4 is 27.5 Å². The molecule has 1 saturated carbocycles. The summed E-state index contributed by atoms with van der Waals surface area (Å²) in [6, 6.07) is 6.88. The van der Waals surface area contributed by atoms with Crippen molar-refractivity contribution in [2.75, 3.05) is 6.54 Å². The summed E-state index contributed by atoms with van der Waals surface area (Å²) in [5, 5.41) is 4.42. The standard InChI is InChI=1S/C14H20BrClN2/c15-12-8-10(6-7-13(12)16)14(9-17)18-11-4-2-1-3-5-11/h6-8,11,14,18H,1-5,9,17H2. The summed E-state index contributed by atoms with van der Waals surface area (Å²) in [6.45, 7) is 0.616. The normalized spacial score (nSPS) is 18.8. The number of benzene rings is 1. The van der Waals surface area contributed by atoms with Crippen LogP contribution in [0.5, 0.6) is 0 Å². The van der Waals surface area contributed by atoms with Crippen LogP contribution in [0.15, 0.2) is 22.7 Å². The van der Waals surface area contributed by atoms with Gasteiger partial charge in [-0.05, 0) is 46.5 Å². The molecule has 100 valence electrons. The quantitative estimate of drug-likeness (QED) is 0.874. The molecular weight excluding hydrogens is 312 g/mol. The lowest BCUT2D eigenvalue weighted by Gasteiger charge is -2.28. The Bertz CT molecular complexity index is 391. The topological polar surface area (TPSA) is 38.0 Å². The molecule has 3 N–H and O–H groups in total. The number of hydrogen-bond acceptors (Lipinski definition) is 2. The van der Waals surface area contributed by atoms with E-state index >= 15 is 0 Å². The molecule has 4 heteroatoms. The molecule has 2 rings (SSSR count). The third-order valence-electron chi connectivity index (χ3n) is 3.62. The van der Waals surface area contributed by atoms with Gasteiger partial charge in [0, 0.05) is 23.1 Å². The summed E-state index contributed by atoms with van der Waals surface area (Å²) in [7, 11) is 0. The Balaban J connectivity index is 2.04. The van der Waals surface area contributed by atoms with E-state index < -0.39 is 0 Å². The maximum Gasteiger partial charge on any atom is 0.0548 e. The number of halogens is 2. The molecule has 1 unspecified atom stereocenters. The molecule has 0 spiro atoms. The van der Waals surface area contributed by atoms with Crippen molar-refractivity contribution in [2.45, 2.75) is 44.2 Å². The summed E-state index contributed by atoms with van der Waals surface area (Å²) in [4.78, 5) is 0. The van der Waals surface area contributed by atoms with Gasteiger partial charge in [0.05, 0.1) is 5.02 Å². The van der Waals surface area contributed by atoms with Crippen LogP contribution in [0.1, 0.15) is 43.7 Å². The maximum absolute atomic E-state index is 6.02. The molecule has 1 aliphatic carbocycles. The van der Waals surface area contributed by atoms with Crippen LogP contribution in [0.2, 0.25) is 5.02 Å². The minimum atomic E-state index is 0.224. The lowest BCUT2D eigenvalue weighted by atomic mass is 9.94. The van der Waals surface area contributed by atoms with Crippen molar-refractivity contribution in [1.82, 2.24) is 5.32 Å². The highest BCUT2D eigenvalue weighted by Gasteiger charge is 2.18. The van der Waals surface area contributed by atoms with Gasteiger partial charge in [0.25, 0.3) is 0 Å². The molecule has 0 aromatic heterocycles. The summed E-state index contributed by atoms with van der Waals surface area (Å²) in [5.74, 6) is 0. The van der Waals surface area contributed by atoms with Crippen molar-refractivity contribution in [1.29, 1.82) is 0 Å². The van der Waals surface area contributed by atoms with E-state index in [-0.39, 0.29) is 6.04 Å². The van der Waals surface area contributed by atoms with Gasteiger partial charge in [-0.2, -0.15) is 0 Å². The van der Waals surface area contributed by atoms with E-state index in [1.807, 2.05) is 6.07 Å². The van der Waals surface area contributed by atoms with Gasteiger partial charge < -0.3 is 11.1 Å². The smallest absolute Gasteiger partial charge is 0.0548 e. The zero-order chi connectivity index (χ0) is 13.0. The van der Waals surface area contributed by atoms with E-state index in [9.17, 15) is 0 Å². The van der Waals surface area contributed by atoms with Crippen molar-refractivity contribution in [3.05, 3.63) is 33.3 Å². The largest absolute Gasteiger partial charge is 0.329 e. The molecule has 2 nitrogen and oxygen atoms in total. The first-order valence-electron chi connectivity index (χ1n) is 6.62. The third kappa shape index (κ3) is 3.70. The Labute approximate surface area is 122 Å². The number of hydrogen-bond donors (Lipinski definition) is 2. The van der Waals surface area contributed by atoms with Gasteiger partial charge in [-0.25, -0.2) is 0 Å². The van der Waals surface area contributed by atoms with Crippen LogP contribution in [0.4, 0.5) is 0 Å². The van der Waals surface area contributed by atoms with Crippen molar-refractivity contribution in [2.24, 2.45) is 5.73 Å². The van der Waals surface area contributed by atoms with Crippen LogP contribution in [0.3, 0.4) is 0 Å². The predicted molar refractivity (Wildman–Crippen MR) is 81.0 cm³/mol. The highest BCUT2D eigenvalue weighted by Crippen LogP contribution is 2.27. The maximum atomic E-state index is 6.02. The fourth-order valence-corrected chi connectivity index (χ4v) is 3.10. The molecule has 0 saturated heterocycles. The zero-order valence-corrected chi connectivity index (χ0v) is 12.8. The Hall–Kier alpha value is -0.0900. The van der Waals surface area contributed by atoms with Gasteiger partial charge in [-0.15, -0.1) is 0 Å². The molecule has 18 heavy (non-hydrogen) atoms. The van der Waals surface area contributed by atoms with Gasteiger partial charge >= 0.3 is 0 Å². The van der Waals surface area contributed by atoms with Gasteiger partial charge in [0.15, 0.2) is 0 Å². The molecule has 0 amide bonds. The average Bonchev–Trinajstić information content (AvgIpc) is 2.40. The van der Waals surface area contributed by atoms with E-state index in [4.69, 9.17) is 17.3 Å². The molecule has 1 atom stereocenters. The molecule has 0 aliphatic heterocycles. The minimum absolute atomic E-state index is 0.224. The summed E-state index contributed by atoms with van der Waals surface area (Å²) in [5.41, 5.74) is 7.11. The molecule has 0 bridgehead atoms. The zero-order valence-electron chi connectivity index (χ0n) is 10.5. The van der Waals surface area contributed by atoms with Gasteiger partial charge in [-0.3, -0.25) is 0 Å². The van der Waals surface area contributed by atoms with E-state index in [0.29, 0.717) is 12.6 Å². The van der Waals surface area contributed by atoms with E-state index in [0.717, 1.165) is 9.50 Å². The van der Waals surface area contributed by atoms with Crippen molar-refractivity contribution < 1.29 is 0 Å². The number of nitrogens with two attached hydrogens (primary N) is 1. The highest BCUT2D eigenvalue weighted by atomic mass is 79.9. The van der Waals surface area contributed by atoms with Crippen molar-refractivity contribution in [3.8, 4) is 0 Å². The van der Waals surface area contributed by atoms with Crippen LogP contribution in [0.25, 0.3) is 0 Å². The van der Waals surface area contributed by atoms with Gasteiger partial charge in [-0.1, -0.05) is 36.9 Å². The van der Waals surface area contributed by atoms with Crippen molar-refractivity contribution in [3.63, 3.8) is 0 Å². The lowest BCUT2D eigenvalue weighted by Crippen LogP contribution is -2.37. The monoisotopic (exact) mass is 330 g/mol. The molecule has 0 heterocycles. The Morgan fingerprint density at radius 1 is 1.33 bits per heavy atom. The van der Waals surface area contributed by atoms with Crippen LogP contribution in [0, 0.1) is 0 Å². The predicted octanol–water partition coefficient (Wildman–Crippen LogP) is 4.02. The van der Waals surface area contributed by atoms with E-state index in [2.05, 4.69) is 33.4 Å². The highest BCUT2D eigenvalue weighted by molar-refractivity contribution is 9.10. The SMILES string of the molecule is NCC(NC1CCCCC1)c1ccc(Cl)c(Br)c1. The van der Waals surface area contributed by atoms with Crippen LogP contribution < -0.4 is 11.1 Å². The molecule has 1 aromatic rings. The van der Waals surface area contributed by atoms with Crippen LogP contribution in [-0.4, -0.2) is 12.6 Å². The van der Waals surface area contributed by atoms with Gasteiger partial charge in [0.2, 0.25) is 0 Å². The third-order valence-corrected chi connectivity index (χ3v) is 4.84. The lowest BCUT2D eigenvalue weighted by molar-refractivity contribution is 0.340. The first-order valence-corrected chi connectivity index (χ1v) is 7.79. The second-order valence-electron chi connectivity index (χ2n) is 4.96. The fourth-order valence-electron chi connectivity index (χ4n) is 2.58. The molecule has 1 aromatic carbocycles. The molecule has 0 radical (unpaired) electrons. The van der Waals surface area contributed by atoms with Crippen LogP contribution >= 0.6 is 27.5 Å². The first kappa shape index (κ1) is 14.3. The second kappa shape index (κ2) is 6.90. The molecule has 1 fully saturated rings. The summed E-state index contributed by atoms with van der Waals surface area (Å²) in [6.07, 6.45) is 6.58. The van der Waals surface area contributed by atoms with E-state index in [1.165, 1.54) is 37.7 Å². The van der Waals surface area contributed by atoms with Gasteiger partial charge in [0.1, 0.15) is 0 Å². The Kier molecular flexibility index (Phi) is 5.49. The minimum Gasteiger partial charge on any atom is -0.329 e. The number of rotatable bonds is 4. The summed E-state index contributed by atoms with van der Waals surface area (Å²) < 4.78 is 0.936. The number of nitrogens with one attached hydrogen (secondary N) is 1. The Morgan fingerprint density at radius 2 is 2.06 bits per heavy atom. The Morgan fingerprint density at radius 3 is 2.67 bits per heavy atom. The second-order valence-corrected chi connectivity index (χ2v) is 6.22. The summed E-state index contributed by atoms with van der Waals surface area (Å²) >= 11 is 9.49. The van der Waals surface area contributed by atoms with Crippen LogP contribution in [-0.2, 0) is 0 Å². The fraction of sp³-hybridized carbons (Fsp3) is 0.571.